The molecule has 0 radical (unpaired) electrons. The van der Waals surface area contributed by atoms with Crippen molar-refractivity contribution in [1.82, 2.24) is 5.32 Å². The summed E-state index contributed by atoms with van der Waals surface area (Å²) in [5.41, 5.74) is -0.359. The molecule has 17 heavy (non-hydrogen) atoms. The molecule has 0 aromatic heterocycles. The lowest BCUT2D eigenvalue weighted by Gasteiger charge is -2.29. The number of aliphatic hydroxyl groups excluding tert-OH is 1. The molecule has 1 amide bonds. The molecule has 0 aromatic carbocycles. The van der Waals surface area contributed by atoms with Crippen molar-refractivity contribution in [2.24, 2.45) is 16.7 Å². The minimum Gasteiger partial charge on any atom is -0.396 e. The number of amides is 1. The molecule has 0 atom stereocenters. The van der Waals surface area contributed by atoms with Gasteiger partial charge in [-0.25, -0.2) is 0 Å². The number of aliphatic hydroxyl groups is 1. The first-order valence-corrected chi connectivity index (χ1v) is 6.50. The van der Waals surface area contributed by atoms with Gasteiger partial charge in [-0.1, -0.05) is 41.5 Å². The van der Waals surface area contributed by atoms with E-state index in [4.69, 9.17) is 5.11 Å². The Balaban J connectivity index is 4.26. The molecule has 2 N–H and O–H groups in total. The highest BCUT2D eigenvalue weighted by atomic mass is 16.3. The van der Waals surface area contributed by atoms with Crippen LogP contribution in [0.1, 0.15) is 54.4 Å². The number of rotatable bonds is 7. The van der Waals surface area contributed by atoms with E-state index in [1.54, 1.807) is 0 Å². The molecule has 0 bridgehead atoms. The standard InChI is InChI=1S/C14H29NO2/c1-11(2)9-14(5,6)12(17)15-10-13(3,4)7-8-16/h11,16H,7-10H2,1-6H3,(H,15,17). The first-order valence-electron chi connectivity index (χ1n) is 6.50. The monoisotopic (exact) mass is 243 g/mol. The number of hydrogen-bond donors (Lipinski definition) is 2. The highest BCUT2D eigenvalue weighted by Crippen LogP contribution is 2.26. The van der Waals surface area contributed by atoms with Crippen LogP contribution in [0.25, 0.3) is 0 Å². The quantitative estimate of drug-likeness (QED) is 0.722. The Morgan fingerprint density at radius 3 is 2.18 bits per heavy atom. The highest BCUT2D eigenvalue weighted by molar-refractivity contribution is 5.81. The van der Waals surface area contributed by atoms with Crippen molar-refractivity contribution in [3.63, 3.8) is 0 Å². The molecule has 0 rings (SSSR count). The van der Waals surface area contributed by atoms with E-state index in [9.17, 15) is 4.79 Å². The fourth-order valence-corrected chi connectivity index (χ4v) is 2.06. The SMILES string of the molecule is CC(C)CC(C)(C)C(=O)NCC(C)(C)CCO. The van der Waals surface area contributed by atoms with Gasteiger partial charge in [0.15, 0.2) is 0 Å². The third-order valence-electron chi connectivity index (χ3n) is 3.05. The van der Waals surface area contributed by atoms with Gasteiger partial charge in [0.05, 0.1) is 0 Å². The molecule has 0 saturated carbocycles. The zero-order chi connectivity index (χ0) is 13.7. The van der Waals surface area contributed by atoms with Gasteiger partial charge < -0.3 is 10.4 Å². The maximum absolute atomic E-state index is 12.1. The van der Waals surface area contributed by atoms with Crippen molar-refractivity contribution < 1.29 is 9.90 Å². The normalized spacial score (nSPS) is 12.9. The lowest BCUT2D eigenvalue weighted by molar-refractivity contribution is -0.130. The average Bonchev–Trinajstić information content (AvgIpc) is 2.12. The number of carbonyl (C=O) groups is 1. The summed E-state index contributed by atoms with van der Waals surface area (Å²) >= 11 is 0. The van der Waals surface area contributed by atoms with Gasteiger partial charge in [-0.3, -0.25) is 4.79 Å². The third-order valence-corrected chi connectivity index (χ3v) is 3.05. The van der Waals surface area contributed by atoms with Crippen LogP contribution >= 0.6 is 0 Å². The van der Waals surface area contributed by atoms with E-state index in [2.05, 4.69) is 33.0 Å². The molecule has 0 heterocycles. The molecule has 0 spiro atoms. The highest BCUT2D eigenvalue weighted by Gasteiger charge is 2.29. The van der Waals surface area contributed by atoms with Crippen molar-refractivity contribution in [1.29, 1.82) is 0 Å². The molecule has 0 aliphatic rings. The smallest absolute Gasteiger partial charge is 0.225 e. The second-order valence-corrected chi connectivity index (χ2v) is 6.80. The maximum atomic E-state index is 12.1. The van der Waals surface area contributed by atoms with E-state index in [-0.39, 0.29) is 23.3 Å². The Morgan fingerprint density at radius 2 is 1.76 bits per heavy atom. The third kappa shape index (κ3) is 6.67. The van der Waals surface area contributed by atoms with E-state index >= 15 is 0 Å². The van der Waals surface area contributed by atoms with Crippen molar-refractivity contribution in [2.75, 3.05) is 13.2 Å². The predicted octanol–water partition coefficient (Wildman–Crippen LogP) is 2.58. The zero-order valence-electron chi connectivity index (χ0n) is 12.3. The van der Waals surface area contributed by atoms with Crippen molar-refractivity contribution in [2.45, 2.75) is 54.4 Å². The van der Waals surface area contributed by atoms with Crippen molar-refractivity contribution >= 4 is 5.91 Å². The Kier molecular flexibility index (Phi) is 6.17. The first-order chi connectivity index (χ1) is 7.60. The van der Waals surface area contributed by atoms with Crippen molar-refractivity contribution in [3.05, 3.63) is 0 Å². The molecule has 0 saturated heterocycles. The van der Waals surface area contributed by atoms with E-state index in [0.29, 0.717) is 18.9 Å². The Morgan fingerprint density at radius 1 is 1.24 bits per heavy atom. The maximum Gasteiger partial charge on any atom is 0.225 e. The molecule has 0 aromatic rings. The van der Waals surface area contributed by atoms with Gasteiger partial charge in [0, 0.05) is 18.6 Å². The summed E-state index contributed by atoms with van der Waals surface area (Å²) in [6, 6.07) is 0. The van der Waals surface area contributed by atoms with Crippen LogP contribution in [0.5, 0.6) is 0 Å². The summed E-state index contributed by atoms with van der Waals surface area (Å²) in [6.07, 6.45) is 1.59. The average molecular weight is 243 g/mol. The van der Waals surface area contributed by atoms with Gasteiger partial charge in [-0.05, 0) is 24.2 Å². The van der Waals surface area contributed by atoms with E-state index in [1.807, 2.05) is 13.8 Å². The number of hydrogen-bond acceptors (Lipinski definition) is 2. The Labute approximate surface area is 106 Å². The molecule has 102 valence electrons. The van der Waals surface area contributed by atoms with Gasteiger partial charge in [0.25, 0.3) is 0 Å². The molecular weight excluding hydrogens is 214 g/mol. The summed E-state index contributed by atoms with van der Waals surface area (Å²) in [5, 5.41) is 11.9. The van der Waals surface area contributed by atoms with Crippen LogP contribution in [0.2, 0.25) is 0 Å². The van der Waals surface area contributed by atoms with Crippen LogP contribution in [0.3, 0.4) is 0 Å². The number of nitrogens with one attached hydrogen (secondary N) is 1. The molecule has 0 aliphatic heterocycles. The molecular formula is C14H29NO2. The van der Waals surface area contributed by atoms with Crippen LogP contribution in [0, 0.1) is 16.7 Å². The Hall–Kier alpha value is -0.570. The van der Waals surface area contributed by atoms with Crippen LogP contribution in [-0.2, 0) is 4.79 Å². The van der Waals surface area contributed by atoms with Gasteiger partial charge in [0.2, 0.25) is 5.91 Å². The van der Waals surface area contributed by atoms with Crippen LogP contribution in [0.15, 0.2) is 0 Å². The summed E-state index contributed by atoms with van der Waals surface area (Å²) in [5.74, 6) is 0.624. The predicted molar refractivity (Wildman–Crippen MR) is 71.7 cm³/mol. The summed E-state index contributed by atoms with van der Waals surface area (Å²) < 4.78 is 0. The summed E-state index contributed by atoms with van der Waals surface area (Å²) in [6.45, 7) is 13.1. The van der Waals surface area contributed by atoms with Crippen LogP contribution in [0.4, 0.5) is 0 Å². The molecule has 0 unspecified atom stereocenters. The second-order valence-electron chi connectivity index (χ2n) is 6.80. The van der Waals surface area contributed by atoms with E-state index in [0.717, 1.165) is 6.42 Å². The minimum atomic E-state index is -0.316. The van der Waals surface area contributed by atoms with Crippen LogP contribution in [-0.4, -0.2) is 24.2 Å². The fourth-order valence-electron chi connectivity index (χ4n) is 2.06. The van der Waals surface area contributed by atoms with E-state index in [1.165, 1.54) is 0 Å². The van der Waals surface area contributed by atoms with Crippen molar-refractivity contribution in [3.8, 4) is 0 Å². The van der Waals surface area contributed by atoms with Gasteiger partial charge in [0.1, 0.15) is 0 Å². The molecule has 0 aliphatic carbocycles. The van der Waals surface area contributed by atoms with Gasteiger partial charge in [-0.15, -0.1) is 0 Å². The molecule has 3 nitrogen and oxygen atoms in total. The summed E-state index contributed by atoms with van der Waals surface area (Å²) in [7, 11) is 0. The topological polar surface area (TPSA) is 49.3 Å². The first kappa shape index (κ1) is 16.4. The second kappa shape index (κ2) is 6.39. The van der Waals surface area contributed by atoms with E-state index < -0.39 is 0 Å². The lowest BCUT2D eigenvalue weighted by Crippen LogP contribution is -2.42. The number of carbonyl (C=O) groups excluding carboxylic acids is 1. The zero-order valence-corrected chi connectivity index (χ0v) is 12.3. The fraction of sp³-hybridized carbons (Fsp3) is 0.929. The van der Waals surface area contributed by atoms with Gasteiger partial charge >= 0.3 is 0 Å². The minimum absolute atomic E-state index is 0.0433. The summed E-state index contributed by atoms with van der Waals surface area (Å²) in [4.78, 5) is 12.1. The largest absolute Gasteiger partial charge is 0.396 e. The Bertz CT molecular complexity index is 245. The molecule has 3 heteroatoms. The lowest BCUT2D eigenvalue weighted by atomic mass is 9.82. The van der Waals surface area contributed by atoms with Crippen LogP contribution < -0.4 is 5.32 Å². The van der Waals surface area contributed by atoms with Gasteiger partial charge in [-0.2, -0.15) is 0 Å². The molecule has 0 fully saturated rings.